The van der Waals surface area contributed by atoms with E-state index in [0.717, 1.165) is 6.54 Å². The van der Waals surface area contributed by atoms with Crippen molar-refractivity contribution in [3.8, 4) is 0 Å². The molecular formula is C19H30ClN3O. The average Bonchev–Trinajstić information content (AvgIpc) is 2.91. The molecule has 5 heteroatoms. The van der Waals surface area contributed by atoms with E-state index in [2.05, 4.69) is 36.3 Å². The molecule has 2 aliphatic heterocycles. The maximum atomic E-state index is 12.7. The van der Waals surface area contributed by atoms with Gasteiger partial charge in [0, 0.05) is 31.2 Å². The van der Waals surface area contributed by atoms with Crippen molar-refractivity contribution in [1.29, 1.82) is 0 Å². The van der Waals surface area contributed by atoms with Crippen LogP contribution in [0, 0.1) is 0 Å². The predicted octanol–water partition coefficient (Wildman–Crippen LogP) is 2.67. The van der Waals surface area contributed by atoms with Gasteiger partial charge in [0.05, 0.1) is 6.54 Å². The number of carbonyl (C=O) groups excluding carboxylic acids is 1. The van der Waals surface area contributed by atoms with Gasteiger partial charge in [-0.25, -0.2) is 0 Å². The number of halogens is 1. The fourth-order valence-corrected chi connectivity index (χ4v) is 4.01. The number of carbonyl (C=O) groups is 1. The van der Waals surface area contributed by atoms with Crippen LogP contribution in [-0.2, 0) is 11.3 Å². The molecule has 0 aliphatic carbocycles. The van der Waals surface area contributed by atoms with Gasteiger partial charge in [-0.05, 0) is 45.2 Å². The maximum absolute atomic E-state index is 12.7. The third kappa shape index (κ3) is 4.71. The van der Waals surface area contributed by atoms with Crippen LogP contribution in [0.2, 0.25) is 0 Å². The summed E-state index contributed by atoms with van der Waals surface area (Å²) in [6.45, 7) is 4.07. The second kappa shape index (κ2) is 8.84. The van der Waals surface area contributed by atoms with Crippen LogP contribution in [0.1, 0.15) is 38.2 Å². The van der Waals surface area contributed by atoms with Crippen LogP contribution < -0.4 is 5.32 Å². The Hall–Kier alpha value is -1.10. The molecule has 3 rings (SSSR count). The molecule has 1 amide bonds. The number of hydrogen-bond acceptors (Lipinski definition) is 3. The Labute approximate surface area is 152 Å². The highest BCUT2D eigenvalue weighted by Crippen LogP contribution is 2.29. The first-order valence-corrected chi connectivity index (χ1v) is 8.93. The SMILES string of the molecule is CCN(Cc1ccccc1)C(=O)CN(C)C1CC2CCC(C1)N2.Cl. The largest absolute Gasteiger partial charge is 0.338 e. The van der Waals surface area contributed by atoms with Crippen molar-refractivity contribution in [1.82, 2.24) is 15.1 Å². The van der Waals surface area contributed by atoms with Crippen LogP contribution >= 0.6 is 12.4 Å². The Morgan fingerprint density at radius 2 is 1.79 bits per heavy atom. The number of nitrogens with one attached hydrogen (secondary N) is 1. The molecule has 0 saturated carbocycles. The number of piperidine rings is 1. The van der Waals surface area contributed by atoms with E-state index in [-0.39, 0.29) is 18.3 Å². The molecule has 4 nitrogen and oxygen atoms in total. The quantitative estimate of drug-likeness (QED) is 0.855. The molecule has 2 fully saturated rings. The number of rotatable bonds is 6. The highest BCUT2D eigenvalue weighted by atomic mass is 35.5. The number of nitrogens with zero attached hydrogens (tertiary/aromatic N) is 2. The van der Waals surface area contributed by atoms with Crippen LogP contribution in [0.3, 0.4) is 0 Å². The van der Waals surface area contributed by atoms with Gasteiger partial charge < -0.3 is 10.2 Å². The lowest BCUT2D eigenvalue weighted by molar-refractivity contribution is -0.133. The fraction of sp³-hybridized carbons (Fsp3) is 0.632. The molecule has 2 bridgehead atoms. The van der Waals surface area contributed by atoms with Gasteiger partial charge >= 0.3 is 0 Å². The molecule has 2 aliphatic rings. The highest BCUT2D eigenvalue weighted by molar-refractivity contribution is 5.85. The Balaban J connectivity index is 0.00000208. The van der Waals surface area contributed by atoms with Crippen molar-refractivity contribution < 1.29 is 4.79 Å². The van der Waals surface area contributed by atoms with Gasteiger partial charge in [-0.1, -0.05) is 30.3 Å². The van der Waals surface area contributed by atoms with Crippen molar-refractivity contribution >= 4 is 18.3 Å². The van der Waals surface area contributed by atoms with Crippen LogP contribution in [0.25, 0.3) is 0 Å². The van der Waals surface area contributed by atoms with Gasteiger partial charge in [0.15, 0.2) is 0 Å². The molecule has 2 atom stereocenters. The minimum absolute atomic E-state index is 0. The number of fused-ring (bicyclic) bond motifs is 2. The minimum Gasteiger partial charge on any atom is -0.338 e. The summed E-state index contributed by atoms with van der Waals surface area (Å²) in [7, 11) is 2.11. The third-order valence-corrected chi connectivity index (χ3v) is 5.41. The van der Waals surface area contributed by atoms with Crippen LogP contribution in [0.5, 0.6) is 0 Å². The van der Waals surface area contributed by atoms with Gasteiger partial charge in [-0.3, -0.25) is 9.69 Å². The van der Waals surface area contributed by atoms with Crippen LogP contribution in [0.15, 0.2) is 30.3 Å². The van der Waals surface area contributed by atoms with Gasteiger partial charge in [0.1, 0.15) is 0 Å². The van der Waals surface area contributed by atoms with Gasteiger partial charge in [0.25, 0.3) is 0 Å². The number of benzene rings is 1. The molecule has 134 valence electrons. The summed E-state index contributed by atoms with van der Waals surface area (Å²) in [5, 5.41) is 3.67. The highest BCUT2D eigenvalue weighted by Gasteiger charge is 2.35. The van der Waals surface area contributed by atoms with E-state index in [1.54, 1.807) is 0 Å². The first-order chi connectivity index (χ1) is 11.2. The summed E-state index contributed by atoms with van der Waals surface area (Å²) in [5.74, 6) is 0.240. The molecule has 0 aromatic heterocycles. The monoisotopic (exact) mass is 351 g/mol. The zero-order valence-corrected chi connectivity index (χ0v) is 15.6. The smallest absolute Gasteiger partial charge is 0.237 e. The van der Waals surface area contributed by atoms with Crippen molar-refractivity contribution in [2.24, 2.45) is 0 Å². The predicted molar refractivity (Wildman–Crippen MR) is 100 cm³/mol. The van der Waals surface area contributed by atoms with E-state index in [1.807, 2.05) is 23.1 Å². The van der Waals surface area contributed by atoms with Gasteiger partial charge in [-0.2, -0.15) is 0 Å². The lowest BCUT2D eigenvalue weighted by Gasteiger charge is -2.36. The molecule has 24 heavy (non-hydrogen) atoms. The van der Waals surface area contributed by atoms with Crippen molar-refractivity contribution in [2.45, 2.75) is 57.3 Å². The van der Waals surface area contributed by atoms with Crippen molar-refractivity contribution in [2.75, 3.05) is 20.1 Å². The summed E-state index contributed by atoms with van der Waals surface area (Å²) in [6, 6.07) is 12.1. The normalized spacial score (nSPS) is 25.4. The Morgan fingerprint density at radius 3 is 2.38 bits per heavy atom. The first kappa shape index (κ1) is 19.2. The summed E-state index contributed by atoms with van der Waals surface area (Å²) >= 11 is 0. The molecule has 2 saturated heterocycles. The van der Waals surface area contributed by atoms with Gasteiger partial charge in [0.2, 0.25) is 5.91 Å². The van der Waals surface area contributed by atoms with E-state index in [0.29, 0.717) is 31.2 Å². The minimum atomic E-state index is 0. The zero-order valence-electron chi connectivity index (χ0n) is 14.8. The second-order valence-corrected chi connectivity index (χ2v) is 7.07. The standard InChI is InChI=1S/C19H29N3O.ClH/c1-3-22(13-15-7-5-4-6-8-15)19(23)14-21(2)18-11-16-9-10-17(12-18)20-16;/h4-8,16-18,20H,3,9-14H2,1-2H3;1H. The van der Waals surface area contributed by atoms with Crippen LogP contribution in [0.4, 0.5) is 0 Å². The van der Waals surface area contributed by atoms with Gasteiger partial charge in [-0.15, -0.1) is 12.4 Å². The first-order valence-electron chi connectivity index (χ1n) is 8.93. The molecule has 0 radical (unpaired) electrons. The summed E-state index contributed by atoms with van der Waals surface area (Å²) in [6.07, 6.45) is 4.98. The Bertz CT molecular complexity index is 513. The average molecular weight is 352 g/mol. The summed E-state index contributed by atoms with van der Waals surface area (Å²) < 4.78 is 0. The molecule has 0 spiro atoms. The molecule has 1 N–H and O–H groups in total. The van der Waals surface area contributed by atoms with Crippen LogP contribution in [-0.4, -0.2) is 54.0 Å². The molecule has 2 heterocycles. The number of hydrogen-bond donors (Lipinski definition) is 1. The lowest BCUT2D eigenvalue weighted by Crippen LogP contribution is -2.49. The van der Waals surface area contributed by atoms with E-state index >= 15 is 0 Å². The van der Waals surface area contributed by atoms with E-state index < -0.39 is 0 Å². The van der Waals surface area contributed by atoms with E-state index in [9.17, 15) is 4.79 Å². The number of likely N-dealkylation sites (N-methyl/N-ethyl adjacent to an activating group) is 2. The lowest BCUT2D eigenvalue weighted by atomic mass is 9.98. The van der Waals surface area contributed by atoms with Crippen molar-refractivity contribution in [3.63, 3.8) is 0 Å². The Morgan fingerprint density at radius 1 is 1.17 bits per heavy atom. The second-order valence-electron chi connectivity index (χ2n) is 7.07. The molecular weight excluding hydrogens is 322 g/mol. The molecule has 2 unspecified atom stereocenters. The molecule has 1 aromatic carbocycles. The Kier molecular flexibility index (Phi) is 7.08. The summed E-state index contributed by atoms with van der Waals surface area (Å²) in [4.78, 5) is 16.9. The fourth-order valence-electron chi connectivity index (χ4n) is 4.01. The zero-order chi connectivity index (χ0) is 16.2. The number of amides is 1. The van der Waals surface area contributed by atoms with E-state index in [1.165, 1.54) is 31.2 Å². The maximum Gasteiger partial charge on any atom is 0.237 e. The molecule has 1 aromatic rings. The van der Waals surface area contributed by atoms with E-state index in [4.69, 9.17) is 0 Å². The van der Waals surface area contributed by atoms with Crippen molar-refractivity contribution in [3.05, 3.63) is 35.9 Å². The summed E-state index contributed by atoms with van der Waals surface area (Å²) in [5.41, 5.74) is 1.20. The topological polar surface area (TPSA) is 35.6 Å². The third-order valence-electron chi connectivity index (χ3n) is 5.41.